The van der Waals surface area contributed by atoms with Gasteiger partial charge in [-0.25, -0.2) is 0 Å². The van der Waals surface area contributed by atoms with Gasteiger partial charge in [-0.2, -0.15) is 4.98 Å². The van der Waals surface area contributed by atoms with E-state index in [-0.39, 0.29) is 11.7 Å². The Hall–Kier alpha value is -3.13. The van der Waals surface area contributed by atoms with Crippen LogP contribution in [-0.4, -0.2) is 31.0 Å². The largest absolute Gasteiger partial charge is 0.338 e. The molecule has 0 spiro atoms. The smallest absolute Gasteiger partial charge is 0.270 e. The molecule has 1 saturated carbocycles. The zero-order chi connectivity index (χ0) is 18.8. The maximum Gasteiger partial charge on any atom is 0.270 e. The predicted molar refractivity (Wildman–Crippen MR) is 97.6 cm³/mol. The molecule has 0 aliphatic heterocycles. The molecule has 1 unspecified atom stereocenters. The average Bonchev–Trinajstić information content (AvgIpc) is 3.44. The highest BCUT2D eigenvalue weighted by Gasteiger charge is 2.34. The molecular formula is C19H19N5O3. The van der Waals surface area contributed by atoms with E-state index < -0.39 is 4.92 Å². The summed E-state index contributed by atoms with van der Waals surface area (Å²) in [4.78, 5) is 21.7. The highest BCUT2D eigenvalue weighted by Crippen LogP contribution is 2.35. The molecule has 0 N–H and O–H groups in total. The number of hydrogen-bond acceptors (Lipinski definition) is 7. The standard InChI is InChI=1S/C19H19N5O3/c1-13(17-7-2-3-10-20-17)23(15-8-9-15)12-18-21-19(22-27-18)14-5-4-6-16(11-14)24(25)26/h2-7,10-11,13,15H,8-9,12H2,1H3. The van der Waals surface area contributed by atoms with Gasteiger partial charge in [0, 0.05) is 29.9 Å². The first-order valence-corrected chi connectivity index (χ1v) is 8.86. The molecule has 0 saturated heterocycles. The fourth-order valence-electron chi connectivity index (χ4n) is 3.13. The number of hydrogen-bond donors (Lipinski definition) is 0. The van der Waals surface area contributed by atoms with Gasteiger partial charge < -0.3 is 4.52 Å². The van der Waals surface area contributed by atoms with E-state index in [0.717, 1.165) is 18.5 Å². The van der Waals surface area contributed by atoms with Gasteiger partial charge in [0.1, 0.15) is 0 Å². The van der Waals surface area contributed by atoms with Crippen LogP contribution < -0.4 is 0 Å². The molecule has 1 fully saturated rings. The third kappa shape index (κ3) is 3.85. The number of nitrogens with zero attached hydrogens (tertiary/aromatic N) is 5. The monoisotopic (exact) mass is 365 g/mol. The van der Waals surface area contributed by atoms with E-state index in [2.05, 4.69) is 26.9 Å². The molecule has 138 valence electrons. The lowest BCUT2D eigenvalue weighted by atomic mass is 10.1. The summed E-state index contributed by atoms with van der Waals surface area (Å²) in [6, 6.07) is 12.7. The first-order valence-electron chi connectivity index (χ1n) is 8.86. The molecule has 27 heavy (non-hydrogen) atoms. The molecule has 8 nitrogen and oxygen atoms in total. The van der Waals surface area contributed by atoms with E-state index in [1.165, 1.54) is 12.1 Å². The Kier molecular flexibility index (Phi) is 4.64. The Labute approximate surface area is 156 Å². The van der Waals surface area contributed by atoms with Crippen LogP contribution in [0.5, 0.6) is 0 Å². The van der Waals surface area contributed by atoms with E-state index in [9.17, 15) is 10.1 Å². The van der Waals surface area contributed by atoms with E-state index in [0.29, 0.717) is 29.9 Å². The van der Waals surface area contributed by atoms with Crippen LogP contribution in [0.15, 0.2) is 53.2 Å². The van der Waals surface area contributed by atoms with Gasteiger partial charge in [-0.05, 0) is 31.9 Å². The van der Waals surface area contributed by atoms with E-state index in [1.807, 2.05) is 18.2 Å². The molecule has 0 bridgehead atoms. The summed E-state index contributed by atoms with van der Waals surface area (Å²) in [5, 5.41) is 15.0. The van der Waals surface area contributed by atoms with Crippen molar-refractivity contribution in [2.75, 3.05) is 0 Å². The predicted octanol–water partition coefficient (Wildman–Crippen LogP) is 3.77. The minimum absolute atomic E-state index is 0.00207. The molecule has 4 rings (SSSR count). The quantitative estimate of drug-likeness (QED) is 0.464. The molecule has 1 aliphatic rings. The Morgan fingerprint density at radius 2 is 2.15 bits per heavy atom. The van der Waals surface area contributed by atoms with Crippen LogP contribution in [0.1, 0.15) is 37.4 Å². The molecular weight excluding hydrogens is 346 g/mol. The van der Waals surface area contributed by atoms with Crippen molar-refractivity contribution < 1.29 is 9.45 Å². The Morgan fingerprint density at radius 3 is 2.85 bits per heavy atom. The van der Waals surface area contributed by atoms with Crippen molar-refractivity contribution in [3.05, 3.63) is 70.4 Å². The fraction of sp³-hybridized carbons (Fsp3) is 0.316. The second-order valence-corrected chi connectivity index (χ2v) is 6.65. The van der Waals surface area contributed by atoms with Crippen molar-refractivity contribution >= 4 is 5.69 Å². The second kappa shape index (κ2) is 7.24. The summed E-state index contributed by atoms with van der Waals surface area (Å²) < 4.78 is 5.42. The van der Waals surface area contributed by atoms with E-state index >= 15 is 0 Å². The van der Waals surface area contributed by atoms with Crippen LogP contribution in [0.25, 0.3) is 11.4 Å². The maximum atomic E-state index is 11.0. The molecule has 1 aromatic carbocycles. The topological polar surface area (TPSA) is 98.2 Å². The number of nitro benzene ring substituents is 1. The minimum Gasteiger partial charge on any atom is -0.338 e. The number of benzene rings is 1. The number of nitro groups is 1. The molecule has 2 heterocycles. The fourth-order valence-corrected chi connectivity index (χ4v) is 3.13. The van der Waals surface area contributed by atoms with Gasteiger partial charge in [0.25, 0.3) is 5.69 Å². The van der Waals surface area contributed by atoms with Crippen molar-refractivity contribution in [1.82, 2.24) is 20.0 Å². The van der Waals surface area contributed by atoms with Crippen molar-refractivity contribution in [2.24, 2.45) is 0 Å². The zero-order valence-electron chi connectivity index (χ0n) is 14.9. The summed E-state index contributed by atoms with van der Waals surface area (Å²) in [7, 11) is 0. The second-order valence-electron chi connectivity index (χ2n) is 6.65. The van der Waals surface area contributed by atoms with Crippen LogP contribution in [0.3, 0.4) is 0 Å². The Bertz CT molecular complexity index is 939. The lowest BCUT2D eigenvalue weighted by molar-refractivity contribution is -0.384. The third-order valence-electron chi connectivity index (χ3n) is 4.73. The third-order valence-corrected chi connectivity index (χ3v) is 4.73. The molecule has 1 aliphatic carbocycles. The van der Waals surface area contributed by atoms with Gasteiger partial charge in [-0.1, -0.05) is 23.4 Å². The Balaban J connectivity index is 1.54. The van der Waals surface area contributed by atoms with Gasteiger partial charge >= 0.3 is 0 Å². The zero-order valence-corrected chi connectivity index (χ0v) is 14.9. The SMILES string of the molecule is CC(c1ccccn1)N(Cc1nc(-c2cccc([N+](=O)[O-])c2)no1)C1CC1. The summed E-state index contributed by atoms with van der Waals surface area (Å²) in [5.41, 5.74) is 1.57. The summed E-state index contributed by atoms with van der Waals surface area (Å²) in [5.74, 6) is 0.848. The van der Waals surface area contributed by atoms with E-state index in [1.54, 1.807) is 18.3 Å². The summed E-state index contributed by atoms with van der Waals surface area (Å²) in [6.07, 6.45) is 4.08. The molecule has 8 heteroatoms. The van der Waals surface area contributed by atoms with Crippen LogP contribution in [0.2, 0.25) is 0 Å². The highest BCUT2D eigenvalue weighted by atomic mass is 16.6. The number of aromatic nitrogens is 3. The van der Waals surface area contributed by atoms with Crippen LogP contribution in [0, 0.1) is 10.1 Å². The van der Waals surface area contributed by atoms with Gasteiger partial charge in [-0.15, -0.1) is 0 Å². The lowest BCUT2D eigenvalue weighted by Crippen LogP contribution is -2.29. The molecule has 0 amide bonds. The maximum absolute atomic E-state index is 11.0. The number of non-ortho nitro benzene ring substituents is 1. The van der Waals surface area contributed by atoms with Crippen LogP contribution >= 0.6 is 0 Å². The van der Waals surface area contributed by atoms with Crippen molar-refractivity contribution in [2.45, 2.75) is 38.4 Å². The van der Waals surface area contributed by atoms with Gasteiger partial charge in [0.2, 0.25) is 11.7 Å². The minimum atomic E-state index is -0.437. The van der Waals surface area contributed by atoms with E-state index in [4.69, 9.17) is 4.52 Å². The van der Waals surface area contributed by atoms with Crippen molar-refractivity contribution in [1.29, 1.82) is 0 Å². The Morgan fingerprint density at radius 1 is 1.30 bits per heavy atom. The van der Waals surface area contributed by atoms with Gasteiger partial charge in [0.05, 0.1) is 23.2 Å². The van der Waals surface area contributed by atoms with Gasteiger partial charge in [0.15, 0.2) is 0 Å². The molecule has 2 aromatic heterocycles. The molecule has 0 radical (unpaired) electrons. The first-order chi connectivity index (χ1) is 13.1. The average molecular weight is 365 g/mol. The first kappa shape index (κ1) is 17.3. The number of pyridine rings is 1. The summed E-state index contributed by atoms with van der Waals surface area (Å²) in [6.45, 7) is 2.64. The highest BCUT2D eigenvalue weighted by molar-refractivity contribution is 5.58. The summed E-state index contributed by atoms with van der Waals surface area (Å²) >= 11 is 0. The van der Waals surface area contributed by atoms with Gasteiger partial charge in [-0.3, -0.25) is 20.0 Å². The van der Waals surface area contributed by atoms with Crippen molar-refractivity contribution in [3.8, 4) is 11.4 Å². The molecule has 1 atom stereocenters. The van der Waals surface area contributed by atoms with Crippen LogP contribution in [-0.2, 0) is 6.54 Å². The molecule has 3 aromatic rings. The number of rotatable bonds is 7. The van der Waals surface area contributed by atoms with Crippen molar-refractivity contribution in [3.63, 3.8) is 0 Å². The normalized spacial score (nSPS) is 15.0. The lowest BCUT2D eigenvalue weighted by Gasteiger charge is -2.27. The van der Waals surface area contributed by atoms with Crippen LogP contribution in [0.4, 0.5) is 5.69 Å².